The van der Waals surface area contributed by atoms with Crippen LogP contribution in [0.25, 0.3) is 0 Å². The molecule has 1 aliphatic rings. The molecule has 106 valence electrons. The summed E-state index contributed by atoms with van der Waals surface area (Å²) in [4.78, 5) is 14.3. The van der Waals surface area contributed by atoms with Crippen LogP contribution in [0, 0.1) is 0 Å². The van der Waals surface area contributed by atoms with Gasteiger partial charge in [-0.2, -0.15) is 0 Å². The van der Waals surface area contributed by atoms with Crippen LogP contribution in [0.1, 0.15) is 23.8 Å². The lowest BCUT2D eigenvalue weighted by Gasteiger charge is -2.34. The van der Waals surface area contributed by atoms with Gasteiger partial charge in [-0.3, -0.25) is 4.79 Å². The average Bonchev–Trinajstić information content (AvgIpc) is 2.79. The lowest BCUT2D eigenvalue weighted by molar-refractivity contribution is -0.0188. The number of ether oxygens (including phenoxy) is 1. The number of hydrogen-bond acceptors (Lipinski definition) is 3. The van der Waals surface area contributed by atoms with E-state index in [1.165, 1.54) is 0 Å². The monoisotopic (exact) mass is 330 g/mol. The van der Waals surface area contributed by atoms with Gasteiger partial charge in [0.15, 0.2) is 0 Å². The first-order valence-electron chi connectivity index (χ1n) is 6.52. The normalized spacial score (nSPS) is 19.7. The smallest absolute Gasteiger partial charge is 0.271 e. The fraction of sp³-hybridized carbons (Fsp3) is 0.615. The fourth-order valence-corrected chi connectivity index (χ4v) is 2.76. The van der Waals surface area contributed by atoms with Crippen molar-refractivity contribution in [3.63, 3.8) is 0 Å². The first kappa shape index (κ1) is 14.6. The van der Waals surface area contributed by atoms with E-state index in [1.54, 1.807) is 4.90 Å². The molecule has 19 heavy (non-hydrogen) atoms. The number of amides is 1. The average molecular weight is 331 g/mol. The zero-order chi connectivity index (χ0) is 13.8. The first-order valence-corrected chi connectivity index (χ1v) is 7.32. The van der Waals surface area contributed by atoms with Gasteiger partial charge in [0.25, 0.3) is 5.91 Å². The van der Waals surface area contributed by atoms with Crippen LogP contribution < -0.4 is 0 Å². The summed E-state index contributed by atoms with van der Waals surface area (Å²) in [5.74, 6) is -0.0403. The summed E-state index contributed by atoms with van der Waals surface area (Å²) in [6, 6.07) is 1.59. The maximum absolute atomic E-state index is 12.6. The molecule has 0 radical (unpaired) electrons. The van der Waals surface area contributed by atoms with E-state index in [4.69, 9.17) is 4.74 Å². The second kappa shape index (κ2) is 6.54. The SMILES string of the molecule is CCCn1cc(Br)cc1C(=O)N1CCOCC1CO. The number of aryl methyl sites for hydroxylation is 1. The molecule has 0 spiro atoms. The van der Waals surface area contributed by atoms with E-state index in [9.17, 15) is 9.90 Å². The van der Waals surface area contributed by atoms with Crippen molar-refractivity contribution in [2.45, 2.75) is 25.9 Å². The van der Waals surface area contributed by atoms with Gasteiger partial charge in [-0.1, -0.05) is 6.92 Å². The number of morpholine rings is 1. The lowest BCUT2D eigenvalue weighted by Crippen LogP contribution is -2.50. The highest BCUT2D eigenvalue weighted by Crippen LogP contribution is 2.19. The number of halogens is 1. The third kappa shape index (κ3) is 3.19. The summed E-state index contributed by atoms with van der Waals surface area (Å²) in [7, 11) is 0. The minimum atomic E-state index is -0.245. The van der Waals surface area contributed by atoms with Gasteiger partial charge in [0, 0.05) is 23.8 Å². The van der Waals surface area contributed by atoms with Crippen LogP contribution in [-0.4, -0.2) is 52.9 Å². The molecule has 0 bridgehead atoms. The van der Waals surface area contributed by atoms with E-state index >= 15 is 0 Å². The van der Waals surface area contributed by atoms with Gasteiger partial charge in [-0.05, 0) is 28.4 Å². The molecule has 2 rings (SSSR count). The quantitative estimate of drug-likeness (QED) is 0.910. The van der Waals surface area contributed by atoms with Crippen LogP contribution in [0.4, 0.5) is 0 Å². The molecule has 1 aromatic heterocycles. The van der Waals surface area contributed by atoms with Crippen molar-refractivity contribution in [3.05, 3.63) is 22.4 Å². The summed E-state index contributed by atoms with van der Waals surface area (Å²) in [5.41, 5.74) is 0.661. The molecule has 1 atom stereocenters. The highest BCUT2D eigenvalue weighted by atomic mass is 79.9. The van der Waals surface area contributed by atoms with Crippen LogP contribution in [0.2, 0.25) is 0 Å². The molecule has 1 fully saturated rings. The number of aliphatic hydroxyl groups is 1. The molecule has 1 aromatic rings. The molecule has 2 heterocycles. The third-order valence-electron chi connectivity index (χ3n) is 3.25. The van der Waals surface area contributed by atoms with Crippen molar-refractivity contribution in [3.8, 4) is 0 Å². The van der Waals surface area contributed by atoms with Crippen molar-refractivity contribution in [1.29, 1.82) is 0 Å². The van der Waals surface area contributed by atoms with Gasteiger partial charge in [-0.25, -0.2) is 0 Å². The van der Waals surface area contributed by atoms with Gasteiger partial charge in [0.2, 0.25) is 0 Å². The number of carbonyl (C=O) groups is 1. The van der Waals surface area contributed by atoms with Crippen LogP contribution in [0.3, 0.4) is 0 Å². The summed E-state index contributed by atoms with van der Waals surface area (Å²) in [6.45, 7) is 4.27. The van der Waals surface area contributed by atoms with Gasteiger partial charge in [0.1, 0.15) is 5.69 Å². The fourth-order valence-electron chi connectivity index (χ4n) is 2.30. The van der Waals surface area contributed by atoms with Crippen LogP contribution in [0.5, 0.6) is 0 Å². The van der Waals surface area contributed by atoms with E-state index in [1.807, 2.05) is 16.8 Å². The Morgan fingerprint density at radius 3 is 3.11 bits per heavy atom. The molecule has 5 nitrogen and oxygen atoms in total. The summed E-state index contributed by atoms with van der Waals surface area (Å²) >= 11 is 3.41. The van der Waals surface area contributed by atoms with E-state index in [-0.39, 0.29) is 18.6 Å². The second-order valence-corrected chi connectivity index (χ2v) is 5.56. The largest absolute Gasteiger partial charge is 0.394 e. The Morgan fingerprint density at radius 1 is 1.63 bits per heavy atom. The zero-order valence-corrected chi connectivity index (χ0v) is 12.6. The van der Waals surface area contributed by atoms with Crippen molar-refractivity contribution in [2.75, 3.05) is 26.4 Å². The van der Waals surface area contributed by atoms with E-state index in [2.05, 4.69) is 22.9 Å². The molecule has 1 unspecified atom stereocenters. The van der Waals surface area contributed by atoms with Gasteiger partial charge >= 0.3 is 0 Å². The van der Waals surface area contributed by atoms with Crippen molar-refractivity contribution in [2.24, 2.45) is 0 Å². The molecule has 1 amide bonds. The number of nitrogens with zero attached hydrogens (tertiary/aromatic N) is 2. The molecule has 0 saturated carbocycles. The molecular formula is C13H19BrN2O3. The Balaban J connectivity index is 2.22. The Labute approximate surface area is 121 Å². The molecule has 1 saturated heterocycles. The van der Waals surface area contributed by atoms with E-state index < -0.39 is 0 Å². The van der Waals surface area contributed by atoms with Crippen LogP contribution in [0.15, 0.2) is 16.7 Å². The second-order valence-electron chi connectivity index (χ2n) is 4.65. The molecular weight excluding hydrogens is 312 g/mol. The van der Waals surface area contributed by atoms with E-state index in [0.29, 0.717) is 25.5 Å². The number of hydrogen-bond donors (Lipinski definition) is 1. The molecule has 0 aliphatic carbocycles. The predicted molar refractivity (Wildman–Crippen MR) is 75.2 cm³/mol. The van der Waals surface area contributed by atoms with Crippen LogP contribution in [-0.2, 0) is 11.3 Å². The Bertz CT molecular complexity index is 447. The standard InChI is InChI=1S/C13H19BrN2O3/c1-2-3-15-7-10(14)6-12(15)13(18)16-4-5-19-9-11(16)8-17/h6-7,11,17H,2-5,8-9H2,1H3. The maximum Gasteiger partial charge on any atom is 0.271 e. The maximum atomic E-state index is 12.6. The predicted octanol–water partition coefficient (Wildman–Crippen LogP) is 1.49. The topological polar surface area (TPSA) is 54.7 Å². The van der Waals surface area contributed by atoms with Crippen molar-refractivity contribution < 1.29 is 14.6 Å². The number of rotatable bonds is 4. The molecule has 1 aliphatic heterocycles. The minimum Gasteiger partial charge on any atom is -0.394 e. The summed E-state index contributed by atoms with van der Waals surface area (Å²) < 4.78 is 8.16. The first-order chi connectivity index (χ1) is 9.17. The van der Waals surface area contributed by atoms with Gasteiger partial charge in [-0.15, -0.1) is 0 Å². The zero-order valence-electron chi connectivity index (χ0n) is 11.0. The van der Waals surface area contributed by atoms with Gasteiger partial charge in [0.05, 0.1) is 25.9 Å². The highest BCUT2D eigenvalue weighted by molar-refractivity contribution is 9.10. The third-order valence-corrected chi connectivity index (χ3v) is 3.68. The van der Waals surface area contributed by atoms with E-state index in [0.717, 1.165) is 17.4 Å². The van der Waals surface area contributed by atoms with Crippen LogP contribution >= 0.6 is 15.9 Å². The van der Waals surface area contributed by atoms with Crippen molar-refractivity contribution >= 4 is 21.8 Å². The highest BCUT2D eigenvalue weighted by Gasteiger charge is 2.29. The number of carbonyl (C=O) groups excluding carboxylic acids is 1. The lowest BCUT2D eigenvalue weighted by atomic mass is 10.2. The van der Waals surface area contributed by atoms with Crippen molar-refractivity contribution in [1.82, 2.24) is 9.47 Å². The Hall–Kier alpha value is -0.850. The molecule has 1 N–H and O–H groups in total. The molecule has 6 heteroatoms. The number of aliphatic hydroxyl groups excluding tert-OH is 1. The number of aromatic nitrogens is 1. The van der Waals surface area contributed by atoms with Gasteiger partial charge < -0.3 is 19.3 Å². The summed E-state index contributed by atoms with van der Waals surface area (Å²) in [6.07, 6.45) is 2.89. The molecule has 0 aromatic carbocycles. The summed E-state index contributed by atoms with van der Waals surface area (Å²) in [5, 5.41) is 9.35. The Kier molecular flexibility index (Phi) is 5.01. The minimum absolute atomic E-state index is 0.0403. The Morgan fingerprint density at radius 2 is 2.42 bits per heavy atom.